The fraction of sp³-hybridized carbons (Fsp3) is 0.414. The molecule has 0 bridgehead atoms. The van der Waals surface area contributed by atoms with Crippen molar-refractivity contribution in [2.45, 2.75) is 43.2 Å². The number of sulfonamides is 1. The van der Waals surface area contributed by atoms with E-state index in [4.69, 9.17) is 9.47 Å². The SMILES string of the molecule is COc1ccc(CN(C)C[C@@H]2Oc3ccc(NS(=O)(=O)c4cccs4)cc3CC(=O)N([C@H](C)CO)C[C@H]2C)cc1. The molecule has 11 heteroatoms. The summed E-state index contributed by atoms with van der Waals surface area (Å²) in [5.74, 6) is 1.15. The van der Waals surface area contributed by atoms with Crippen LogP contribution in [0.1, 0.15) is 25.0 Å². The normalized spacial score (nSPS) is 18.8. The molecule has 9 nitrogen and oxygen atoms in total. The summed E-state index contributed by atoms with van der Waals surface area (Å²) in [5, 5.41) is 11.6. The summed E-state index contributed by atoms with van der Waals surface area (Å²) in [6.45, 7) is 5.42. The van der Waals surface area contributed by atoms with E-state index in [0.29, 0.717) is 36.6 Å². The lowest BCUT2D eigenvalue weighted by atomic mass is 10.0. The van der Waals surface area contributed by atoms with Crippen LogP contribution in [0.5, 0.6) is 11.5 Å². The van der Waals surface area contributed by atoms with Crippen LogP contribution in [0, 0.1) is 5.92 Å². The molecule has 1 aromatic heterocycles. The minimum absolute atomic E-state index is 0.0232. The molecule has 0 unspecified atom stereocenters. The number of carbonyl (C=O) groups is 1. The molecule has 1 amide bonds. The third-order valence-corrected chi connectivity index (χ3v) is 9.81. The van der Waals surface area contributed by atoms with Crippen LogP contribution >= 0.6 is 11.3 Å². The van der Waals surface area contributed by atoms with Gasteiger partial charge < -0.3 is 19.5 Å². The maximum Gasteiger partial charge on any atom is 0.271 e. The van der Waals surface area contributed by atoms with Crippen LogP contribution in [-0.2, 0) is 27.8 Å². The molecular formula is C29H37N3O6S2. The highest BCUT2D eigenvalue weighted by Crippen LogP contribution is 2.30. The summed E-state index contributed by atoms with van der Waals surface area (Å²) in [6, 6.07) is 15.8. The quantitative estimate of drug-likeness (QED) is 0.371. The number of fused-ring (bicyclic) bond motifs is 1. The second kappa shape index (κ2) is 13.0. The Morgan fingerprint density at radius 1 is 1.23 bits per heavy atom. The van der Waals surface area contributed by atoms with Crippen molar-refractivity contribution in [2.75, 3.05) is 38.6 Å². The molecule has 0 aliphatic carbocycles. The van der Waals surface area contributed by atoms with E-state index in [1.807, 2.05) is 45.2 Å². The average Bonchev–Trinajstić information content (AvgIpc) is 3.49. The Balaban J connectivity index is 1.60. The van der Waals surface area contributed by atoms with Crippen LogP contribution in [0.2, 0.25) is 0 Å². The van der Waals surface area contributed by atoms with E-state index in [1.54, 1.807) is 47.7 Å². The van der Waals surface area contributed by atoms with E-state index in [1.165, 1.54) is 0 Å². The molecule has 3 atom stereocenters. The van der Waals surface area contributed by atoms with E-state index >= 15 is 0 Å². The maximum absolute atomic E-state index is 13.4. The lowest BCUT2D eigenvalue weighted by molar-refractivity contribution is -0.134. The molecule has 2 aromatic carbocycles. The molecule has 0 spiro atoms. The van der Waals surface area contributed by atoms with Crippen molar-refractivity contribution in [3.63, 3.8) is 0 Å². The number of carbonyl (C=O) groups excluding carboxylic acids is 1. The number of methoxy groups -OCH3 is 1. The van der Waals surface area contributed by atoms with Gasteiger partial charge in [-0.25, -0.2) is 8.42 Å². The van der Waals surface area contributed by atoms with E-state index in [9.17, 15) is 18.3 Å². The van der Waals surface area contributed by atoms with Crippen LogP contribution in [0.3, 0.4) is 0 Å². The third kappa shape index (κ3) is 7.34. The summed E-state index contributed by atoms with van der Waals surface area (Å²) >= 11 is 1.13. The van der Waals surface area contributed by atoms with E-state index < -0.39 is 10.0 Å². The molecule has 0 radical (unpaired) electrons. The highest BCUT2D eigenvalue weighted by atomic mass is 32.2. The molecule has 0 saturated heterocycles. The number of anilines is 1. The first-order chi connectivity index (χ1) is 19.1. The van der Waals surface area contributed by atoms with Gasteiger partial charge in [0.25, 0.3) is 10.0 Å². The summed E-state index contributed by atoms with van der Waals surface area (Å²) in [6.07, 6.45) is -0.245. The largest absolute Gasteiger partial charge is 0.497 e. The minimum Gasteiger partial charge on any atom is -0.497 e. The molecule has 40 heavy (non-hydrogen) atoms. The van der Waals surface area contributed by atoms with Crippen LogP contribution in [0.25, 0.3) is 0 Å². The number of hydrogen-bond acceptors (Lipinski definition) is 8. The zero-order valence-electron chi connectivity index (χ0n) is 23.2. The Kier molecular flexibility index (Phi) is 9.72. The predicted molar refractivity (Wildman–Crippen MR) is 156 cm³/mol. The molecule has 216 valence electrons. The highest BCUT2D eigenvalue weighted by molar-refractivity contribution is 7.94. The second-order valence-corrected chi connectivity index (χ2v) is 13.1. The van der Waals surface area contributed by atoms with Crippen molar-refractivity contribution in [3.8, 4) is 11.5 Å². The first-order valence-corrected chi connectivity index (χ1v) is 15.5. The van der Waals surface area contributed by atoms with Crippen molar-refractivity contribution >= 4 is 33.0 Å². The lowest BCUT2D eigenvalue weighted by Gasteiger charge is -2.34. The van der Waals surface area contributed by atoms with E-state index in [-0.39, 0.29) is 41.2 Å². The monoisotopic (exact) mass is 587 g/mol. The number of benzene rings is 2. The Labute approximate surface area is 240 Å². The van der Waals surface area contributed by atoms with Gasteiger partial charge in [-0.3, -0.25) is 14.4 Å². The topological polar surface area (TPSA) is 108 Å². The van der Waals surface area contributed by atoms with E-state index in [2.05, 4.69) is 9.62 Å². The molecule has 1 aliphatic rings. The number of likely N-dealkylation sites (N-methyl/N-ethyl adjacent to an activating group) is 1. The molecule has 3 aromatic rings. The number of amides is 1. The number of aliphatic hydroxyl groups is 1. The van der Waals surface area contributed by atoms with Gasteiger partial charge in [0.15, 0.2) is 0 Å². The van der Waals surface area contributed by atoms with Crippen molar-refractivity contribution in [3.05, 3.63) is 71.1 Å². The summed E-state index contributed by atoms with van der Waals surface area (Å²) < 4.78 is 40.3. The molecule has 4 rings (SSSR count). The Bertz CT molecular complexity index is 1380. The average molecular weight is 588 g/mol. The number of ether oxygens (including phenoxy) is 2. The first-order valence-electron chi connectivity index (χ1n) is 13.2. The minimum atomic E-state index is -3.75. The standard InChI is InChI=1S/C29H37N3O6S2/c1-20-16-32(21(2)19-33)28(34)15-23-14-24(30-40(35,36)29-6-5-13-39-29)9-12-26(23)38-27(20)18-31(3)17-22-7-10-25(37-4)11-8-22/h5-14,20-21,27,30,33H,15-19H2,1-4H3/t20-,21-,27+/m1/s1. The maximum atomic E-state index is 13.4. The highest BCUT2D eigenvalue weighted by Gasteiger charge is 2.31. The van der Waals surface area contributed by atoms with Gasteiger partial charge in [0.2, 0.25) is 5.91 Å². The Hall–Kier alpha value is -3.12. The van der Waals surface area contributed by atoms with Gasteiger partial charge in [0, 0.05) is 36.8 Å². The lowest BCUT2D eigenvalue weighted by Crippen LogP contribution is -2.47. The van der Waals surface area contributed by atoms with E-state index in [0.717, 1.165) is 22.6 Å². The smallest absolute Gasteiger partial charge is 0.271 e. The zero-order valence-corrected chi connectivity index (χ0v) is 24.9. The van der Waals surface area contributed by atoms with Crippen molar-refractivity contribution in [1.82, 2.24) is 9.80 Å². The van der Waals surface area contributed by atoms with Gasteiger partial charge in [-0.15, -0.1) is 11.3 Å². The number of rotatable bonds is 10. The molecule has 2 N–H and O–H groups in total. The predicted octanol–water partition coefficient (Wildman–Crippen LogP) is 3.84. The van der Waals surface area contributed by atoms with Gasteiger partial charge in [-0.1, -0.05) is 25.1 Å². The van der Waals surface area contributed by atoms with Crippen LogP contribution in [0.4, 0.5) is 5.69 Å². The van der Waals surface area contributed by atoms with Crippen LogP contribution < -0.4 is 14.2 Å². The number of hydrogen-bond donors (Lipinski definition) is 2. The number of thiophene rings is 1. The fourth-order valence-corrected chi connectivity index (χ4v) is 6.79. The Morgan fingerprint density at radius 3 is 2.62 bits per heavy atom. The summed E-state index contributed by atoms with van der Waals surface area (Å²) in [4.78, 5) is 17.3. The summed E-state index contributed by atoms with van der Waals surface area (Å²) in [7, 11) is -0.0821. The second-order valence-electron chi connectivity index (χ2n) is 10.3. The van der Waals surface area contributed by atoms with Gasteiger partial charge in [-0.2, -0.15) is 0 Å². The van der Waals surface area contributed by atoms with Gasteiger partial charge in [0.05, 0.1) is 26.2 Å². The molecule has 0 saturated carbocycles. The third-order valence-electron chi connectivity index (χ3n) is 7.03. The molecule has 0 fully saturated rings. The van der Waals surface area contributed by atoms with Crippen LogP contribution in [0.15, 0.2) is 64.2 Å². The molecular weight excluding hydrogens is 550 g/mol. The van der Waals surface area contributed by atoms with Crippen LogP contribution in [-0.4, -0.2) is 75.2 Å². The first kappa shape index (κ1) is 29.9. The number of nitrogens with one attached hydrogen (secondary N) is 1. The Morgan fingerprint density at radius 2 is 1.98 bits per heavy atom. The van der Waals surface area contributed by atoms with Gasteiger partial charge >= 0.3 is 0 Å². The fourth-order valence-electron chi connectivity index (χ4n) is 4.75. The molecule has 2 heterocycles. The van der Waals surface area contributed by atoms with Crippen molar-refractivity contribution in [1.29, 1.82) is 0 Å². The van der Waals surface area contributed by atoms with Crippen molar-refractivity contribution in [2.24, 2.45) is 5.92 Å². The zero-order chi connectivity index (χ0) is 28.9. The number of nitrogens with zero attached hydrogens (tertiary/aromatic N) is 2. The number of aliphatic hydroxyl groups excluding tert-OH is 1. The van der Waals surface area contributed by atoms with Gasteiger partial charge in [-0.05, 0) is 61.3 Å². The molecule has 1 aliphatic heterocycles. The summed E-state index contributed by atoms with van der Waals surface area (Å²) in [5.41, 5.74) is 2.07. The van der Waals surface area contributed by atoms with Gasteiger partial charge in [0.1, 0.15) is 21.8 Å². The van der Waals surface area contributed by atoms with Crippen molar-refractivity contribution < 1.29 is 27.8 Å².